The number of hydrazone groups is 1. The van der Waals surface area contributed by atoms with Crippen molar-refractivity contribution in [1.82, 2.24) is 5.43 Å². The number of carbonyl (C=O) groups excluding carboxylic acids is 1. The lowest BCUT2D eigenvalue weighted by molar-refractivity contribution is -0.123. The van der Waals surface area contributed by atoms with Crippen LogP contribution in [0.2, 0.25) is 5.02 Å². The molecule has 0 aliphatic carbocycles. The van der Waals surface area contributed by atoms with E-state index in [2.05, 4.69) is 17.5 Å². The number of hydrogen-bond acceptors (Lipinski definition) is 4. The second-order valence-corrected chi connectivity index (χ2v) is 6.42. The van der Waals surface area contributed by atoms with Crippen molar-refractivity contribution in [3.8, 4) is 11.5 Å². The smallest absolute Gasteiger partial charge is 0.277 e. The summed E-state index contributed by atoms with van der Waals surface area (Å²) in [6, 6.07) is 14.4. The molecule has 6 heteroatoms. The quantitative estimate of drug-likeness (QED) is 0.341. The highest BCUT2D eigenvalue weighted by atomic mass is 35.5. The molecule has 0 unspecified atom stereocenters. The van der Waals surface area contributed by atoms with Gasteiger partial charge >= 0.3 is 0 Å². The number of hydrogen-bond donors (Lipinski definition) is 1. The van der Waals surface area contributed by atoms with Gasteiger partial charge in [-0.15, -0.1) is 0 Å². The minimum atomic E-state index is -0.348. The van der Waals surface area contributed by atoms with E-state index in [1.807, 2.05) is 24.3 Å². The van der Waals surface area contributed by atoms with E-state index in [4.69, 9.17) is 21.1 Å². The van der Waals surface area contributed by atoms with Gasteiger partial charge in [0.1, 0.15) is 11.5 Å². The molecule has 0 aromatic heterocycles. The standard InChI is InChI=1S/C21H25ClN2O3/c1-2-3-4-7-14-26-20-9-6-5-8-17(20)15-23-24-21(25)16-27-19-12-10-18(22)11-13-19/h5-6,8-13,15H,2-4,7,14,16H2,1H3,(H,24,25)/b23-15-. The predicted octanol–water partition coefficient (Wildman–Crippen LogP) is 4.83. The summed E-state index contributed by atoms with van der Waals surface area (Å²) in [7, 11) is 0. The second-order valence-electron chi connectivity index (χ2n) is 5.98. The molecule has 1 amide bonds. The first kappa shape index (κ1) is 20.8. The van der Waals surface area contributed by atoms with Gasteiger partial charge in [-0.3, -0.25) is 4.79 Å². The van der Waals surface area contributed by atoms with Crippen LogP contribution in [0.25, 0.3) is 0 Å². The fourth-order valence-electron chi connectivity index (χ4n) is 2.32. The van der Waals surface area contributed by atoms with E-state index in [0.717, 1.165) is 24.2 Å². The maximum absolute atomic E-state index is 11.8. The highest BCUT2D eigenvalue weighted by Gasteiger charge is 2.03. The Kier molecular flexibility index (Phi) is 9.21. The van der Waals surface area contributed by atoms with Gasteiger partial charge in [-0.1, -0.05) is 49.9 Å². The number of unbranched alkanes of at least 4 members (excludes halogenated alkanes) is 3. The van der Waals surface area contributed by atoms with Crippen LogP contribution in [0, 0.1) is 0 Å². The summed E-state index contributed by atoms with van der Waals surface area (Å²) < 4.78 is 11.2. The van der Waals surface area contributed by atoms with Crippen molar-refractivity contribution in [3.05, 3.63) is 59.1 Å². The molecular weight excluding hydrogens is 364 g/mol. The topological polar surface area (TPSA) is 59.9 Å². The van der Waals surface area contributed by atoms with E-state index in [1.54, 1.807) is 30.5 Å². The average Bonchev–Trinajstić information content (AvgIpc) is 2.68. The molecule has 27 heavy (non-hydrogen) atoms. The fourth-order valence-corrected chi connectivity index (χ4v) is 2.44. The number of rotatable bonds is 11. The summed E-state index contributed by atoms with van der Waals surface area (Å²) in [5, 5.41) is 4.59. The van der Waals surface area contributed by atoms with Crippen LogP contribution in [0.15, 0.2) is 53.6 Å². The molecule has 0 spiro atoms. The largest absolute Gasteiger partial charge is 0.493 e. The summed E-state index contributed by atoms with van der Waals surface area (Å²) in [4.78, 5) is 11.8. The average molecular weight is 389 g/mol. The molecule has 2 rings (SSSR count). The summed E-state index contributed by atoms with van der Waals surface area (Å²) in [6.45, 7) is 2.72. The number of halogens is 1. The molecule has 0 radical (unpaired) electrons. The van der Waals surface area contributed by atoms with Crippen molar-refractivity contribution in [2.45, 2.75) is 32.6 Å². The Balaban J connectivity index is 1.77. The molecular formula is C21H25ClN2O3. The first-order chi connectivity index (χ1) is 13.2. The van der Waals surface area contributed by atoms with E-state index in [1.165, 1.54) is 12.8 Å². The van der Waals surface area contributed by atoms with Gasteiger partial charge in [0, 0.05) is 10.6 Å². The van der Waals surface area contributed by atoms with Crippen LogP contribution in [0.4, 0.5) is 0 Å². The van der Waals surface area contributed by atoms with E-state index in [0.29, 0.717) is 17.4 Å². The van der Waals surface area contributed by atoms with Crippen LogP contribution in [-0.2, 0) is 4.79 Å². The molecule has 144 valence electrons. The number of nitrogens with one attached hydrogen (secondary N) is 1. The van der Waals surface area contributed by atoms with Gasteiger partial charge in [0.05, 0.1) is 12.8 Å². The molecule has 0 atom stereocenters. The van der Waals surface area contributed by atoms with Crippen LogP contribution in [0.5, 0.6) is 11.5 Å². The molecule has 5 nitrogen and oxygen atoms in total. The molecule has 2 aromatic carbocycles. The Hall–Kier alpha value is -2.53. The van der Waals surface area contributed by atoms with Crippen LogP contribution >= 0.6 is 11.6 Å². The Morgan fingerprint density at radius 3 is 2.63 bits per heavy atom. The Morgan fingerprint density at radius 2 is 1.85 bits per heavy atom. The highest BCUT2D eigenvalue weighted by molar-refractivity contribution is 6.30. The normalized spacial score (nSPS) is 10.7. The highest BCUT2D eigenvalue weighted by Crippen LogP contribution is 2.17. The first-order valence-corrected chi connectivity index (χ1v) is 9.49. The van der Waals surface area contributed by atoms with Crippen molar-refractivity contribution in [2.24, 2.45) is 5.10 Å². The van der Waals surface area contributed by atoms with Crippen LogP contribution < -0.4 is 14.9 Å². The van der Waals surface area contributed by atoms with Gasteiger partial charge in [0.25, 0.3) is 5.91 Å². The zero-order chi connectivity index (χ0) is 19.3. The van der Waals surface area contributed by atoms with Crippen LogP contribution in [0.1, 0.15) is 38.2 Å². The summed E-state index contributed by atoms with van der Waals surface area (Å²) in [5.41, 5.74) is 3.26. The van der Waals surface area contributed by atoms with Gasteiger partial charge < -0.3 is 9.47 Å². The maximum Gasteiger partial charge on any atom is 0.277 e. The van der Waals surface area contributed by atoms with E-state index in [9.17, 15) is 4.79 Å². The number of benzene rings is 2. The zero-order valence-electron chi connectivity index (χ0n) is 15.5. The van der Waals surface area contributed by atoms with Crippen LogP contribution in [0.3, 0.4) is 0 Å². The van der Waals surface area contributed by atoms with Gasteiger partial charge in [0.15, 0.2) is 6.61 Å². The Labute approximate surface area is 165 Å². The van der Waals surface area contributed by atoms with E-state index in [-0.39, 0.29) is 12.5 Å². The molecule has 0 saturated heterocycles. The predicted molar refractivity (Wildman–Crippen MR) is 109 cm³/mol. The van der Waals surface area contributed by atoms with Gasteiger partial charge in [-0.05, 0) is 42.8 Å². The first-order valence-electron chi connectivity index (χ1n) is 9.11. The number of nitrogens with zero attached hydrogens (tertiary/aromatic N) is 1. The molecule has 0 saturated carbocycles. The van der Waals surface area contributed by atoms with Gasteiger partial charge in [0.2, 0.25) is 0 Å². The SMILES string of the molecule is CCCCCCOc1ccccc1/C=N\NC(=O)COc1ccc(Cl)cc1. The fraction of sp³-hybridized carbons (Fsp3) is 0.333. The zero-order valence-corrected chi connectivity index (χ0v) is 16.2. The van der Waals surface area contributed by atoms with Crippen molar-refractivity contribution >= 4 is 23.7 Å². The summed E-state index contributed by atoms with van der Waals surface area (Å²) in [5.74, 6) is 0.976. The second kappa shape index (κ2) is 12.0. The molecule has 1 N–H and O–H groups in total. The number of para-hydroxylation sites is 1. The summed E-state index contributed by atoms with van der Waals surface area (Å²) in [6.07, 6.45) is 6.18. The lowest BCUT2D eigenvalue weighted by atomic mass is 10.2. The minimum absolute atomic E-state index is 0.130. The molecule has 0 heterocycles. The molecule has 0 aliphatic heterocycles. The Morgan fingerprint density at radius 1 is 1.07 bits per heavy atom. The monoisotopic (exact) mass is 388 g/mol. The molecule has 0 bridgehead atoms. The lowest BCUT2D eigenvalue weighted by Gasteiger charge is -2.08. The minimum Gasteiger partial charge on any atom is -0.493 e. The number of carbonyl (C=O) groups is 1. The number of ether oxygens (including phenoxy) is 2. The maximum atomic E-state index is 11.8. The van der Waals surface area contributed by atoms with E-state index >= 15 is 0 Å². The van der Waals surface area contributed by atoms with E-state index < -0.39 is 0 Å². The van der Waals surface area contributed by atoms with Crippen LogP contribution in [-0.4, -0.2) is 25.3 Å². The third-order valence-electron chi connectivity index (χ3n) is 3.75. The number of amides is 1. The van der Waals surface area contributed by atoms with Gasteiger partial charge in [-0.25, -0.2) is 5.43 Å². The molecule has 2 aromatic rings. The Bertz CT molecular complexity index is 732. The molecule has 0 aliphatic rings. The van der Waals surface area contributed by atoms with Crippen molar-refractivity contribution < 1.29 is 14.3 Å². The lowest BCUT2D eigenvalue weighted by Crippen LogP contribution is -2.24. The third kappa shape index (κ3) is 8.13. The van der Waals surface area contributed by atoms with Gasteiger partial charge in [-0.2, -0.15) is 5.10 Å². The molecule has 0 fully saturated rings. The van der Waals surface area contributed by atoms with Crippen molar-refractivity contribution in [2.75, 3.05) is 13.2 Å². The third-order valence-corrected chi connectivity index (χ3v) is 4.00. The summed E-state index contributed by atoms with van der Waals surface area (Å²) >= 11 is 5.80. The van der Waals surface area contributed by atoms with Crippen molar-refractivity contribution in [1.29, 1.82) is 0 Å². The van der Waals surface area contributed by atoms with Crippen molar-refractivity contribution in [3.63, 3.8) is 0 Å².